The van der Waals surface area contributed by atoms with Crippen molar-refractivity contribution in [3.8, 4) is 0 Å². The van der Waals surface area contributed by atoms with E-state index in [2.05, 4.69) is 10.5 Å². The molecule has 2 radical (unpaired) electrons. The fraction of sp³-hybridized carbons (Fsp3) is 0.857. The molecule has 4 nitrogen and oxygen atoms in total. The molecule has 1 unspecified atom stereocenters. The molecule has 0 amide bonds. The van der Waals surface area contributed by atoms with Crippen LogP contribution in [0.5, 0.6) is 0 Å². The summed E-state index contributed by atoms with van der Waals surface area (Å²) in [6.45, 7) is 0.914. The van der Waals surface area contributed by atoms with E-state index in [0.717, 1.165) is 19.4 Å². The van der Waals surface area contributed by atoms with Crippen molar-refractivity contribution in [1.82, 2.24) is 10.5 Å². The maximum absolute atomic E-state index is 10.4. The molecule has 0 saturated carbocycles. The Morgan fingerprint density at radius 1 is 1.58 bits per heavy atom. The van der Waals surface area contributed by atoms with Crippen LogP contribution in [-0.2, 0) is 4.79 Å². The fourth-order valence-corrected chi connectivity index (χ4v) is 0.928. The second kappa shape index (κ2) is 7.12. The van der Waals surface area contributed by atoms with Crippen molar-refractivity contribution in [1.29, 1.82) is 0 Å². The summed E-state index contributed by atoms with van der Waals surface area (Å²) in [5.74, 6) is -0.887. The minimum absolute atomic E-state index is 0.577. The van der Waals surface area contributed by atoms with Gasteiger partial charge in [0, 0.05) is 0 Å². The van der Waals surface area contributed by atoms with Crippen LogP contribution in [0.3, 0.4) is 0 Å². The highest BCUT2D eigenvalue weighted by molar-refractivity contribution is 6.06. The highest BCUT2D eigenvalue weighted by atomic mass is 16.4. The third kappa shape index (κ3) is 5.15. The van der Waals surface area contributed by atoms with Crippen molar-refractivity contribution in [3.05, 3.63) is 0 Å². The van der Waals surface area contributed by atoms with Gasteiger partial charge in [0.25, 0.3) is 0 Å². The fourth-order valence-electron chi connectivity index (χ4n) is 0.928. The van der Waals surface area contributed by atoms with E-state index >= 15 is 0 Å². The van der Waals surface area contributed by atoms with E-state index in [1.54, 1.807) is 0 Å². The number of nitrogens with one attached hydrogen (secondary N) is 2. The summed E-state index contributed by atoms with van der Waals surface area (Å²) in [4.78, 5) is 10.4. The Morgan fingerprint density at radius 3 is 2.67 bits per heavy atom. The van der Waals surface area contributed by atoms with E-state index < -0.39 is 12.0 Å². The lowest BCUT2D eigenvalue weighted by Gasteiger charge is -2.10. The molecule has 0 heterocycles. The first-order chi connectivity index (χ1) is 5.72. The first kappa shape index (κ1) is 11.5. The molecular weight excluding hydrogens is 155 g/mol. The van der Waals surface area contributed by atoms with Gasteiger partial charge in [-0.05, 0) is 26.4 Å². The molecule has 5 heteroatoms. The lowest BCUT2D eigenvalue weighted by molar-refractivity contribution is -0.139. The molecule has 0 spiro atoms. The lowest BCUT2D eigenvalue weighted by atomic mass is 10.1. The second-order valence-electron chi connectivity index (χ2n) is 2.66. The average molecular weight is 170 g/mol. The van der Waals surface area contributed by atoms with E-state index in [9.17, 15) is 4.79 Å². The van der Waals surface area contributed by atoms with Crippen molar-refractivity contribution in [2.45, 2.75) is 25.3 Å². The third-order valence-corrected chi connectivity index (χ3v) is 1.67. The summed E-state index contributed by atoms with van der Waals surface area (Å²) in [7, 11) is 6.91. The van der Waals surface area contributed by atoms with Gasteiger partial charge in [-0.3, -0.25) is 4.79 Å². The summed E-state index contributed by atoms with van der Waals surface area (Å²) in [5.41, 5.74) is 0. The molecule has 0 aliphatic carbocycles. The van der Waals surface area contributed by atoms with Crippen LogP contribution in [0.15, 0.2) is 0 Å². The van der Waals surface area contributed by atoms with E-state index in [1.807, 2.05) is 7.05 Å². The Balaban J connectivity index is 3.38. The Morgan fingerprint density at radius 2 is 2.25 bits per heavy atom. The third-order valence-electron chi connectivity index (χ3n) is 1.67. The van der Waals surface area contributed by atoms with Crippen molar-refractivity contribution in [2.75, 3.05) is 13.6 Å². The first-order valence-corrected chi connectivity index (χ1v) is 4.06. The zero-order valence-corrected chi connectivity index (χ0v) is 7.34. The van der Waals surface area contributed by atoms with Gasteiger partial charge >= 0.3 is 5.97 Å². The van der Waals surface area contributed by atoms with Gasteiger partial charge in [-0.1, -0.05) is 6.42 Å². The van der Waals surface area contributed by atoms with E-state index in [4.69, 9.17) is 13.1 Å². The van der Waals surface area contributed by atoms with Crippen molar-refractivity contribution in [3.63, 3.8) is 0 Å². The number of rotatable bonds is 7. The molecule has 0 aromatic carbocycles. The summed E-state index contributed by atoms with van der Waals surface area (Å²) in [6.07, 6.45) is 2.41. The van der Waals surface area contributed by atoms with Gasteiger partial charge in [-0.25, -0.2) is 0 Å². The van der Waals surface area contributed by atoms with Gasteiger partial charge in [0.15, 0.2) is 7.98 Å². The zero-order chi connectivity index (χ0) is 9.40. The molecule has 0 saturated heterocycles. The van der Waals surface area contributed by atoms with Gasteiger partial charge in [-0.2, -0.15) is 0 Å². The summed E-state index contributed by atoms with van der Waals surface area (Å²) >= 11 is 0. The molecule has 0 aliphatic heterocycles. The number of unbranched alkanes of at least 4 members (excludes halogenated alkanes) is 1. The number of hydrogen-bond donors (Lipinski definition) is 3. The van der Waals surface area contributed by atoms with Gasteiger partial charge in [0.2, 0.25) is 0 Å². The van der Waals surface area contributed by atoms with Crippen LogP contribution in [0.2, 0.25) is 0 Å². The molecule has 0 aliphatic rings. The van der Waals surface area contributed by atoms with Crippen LogP contribution in [0.1, 0.15) is 19.3 Å². The van der Waals surface area contributed by atoms with Crippen molar-refractivity contribution in [2.24, 2.45) is 0 Å². The van der Waals surface area contributed by atoms with Crippen LogP contribution in [0.4, 0.5) is 0 Å². The molecule has 12 heavy (non-hydrogen) atoms. The van der Waals surface area contributed by atoms with Gasteiger partial charge in [0.1, 0.15) is 0 Å². The number of aliphatic carboxylic acids is 1. The zero-order valence-electron chi connectivity index (χ0n) is 7.34. The number of carboxylic acid groups (broad SMARTS) is 1. The normalized spacial score (nSPS) is 12.8. The Labute approximate surface area is 74.2 Å². The SMILES string of the molecule is [B]NC(CCCCNC)C(=O)O. The standard InChI is InChI=1S/C7H15BN2O2/c1-9-5-3-2-4-6(10-8)7(11)12/h6,9-10H,2-5H2,1H3,(H,11,12). The van der Waals surface area contributed by atoms with E-state index in [-0.39, 0.29) is 0 Å². The molecule has 68 valence electrons. The highest BCUT2D eigenvalue weighted by Crippen LogP contribution is 1.99. The number of carboxylic acids is 1. The molecule has 0 bridgehead atoms. The minimum atomic E-state index is -0.887. The second-order valence-corrected chi connectivity index (χ2v) is 2.66. The lowest BCUT2D eigenvalue weighted by Crippen LogP contribution is -2.34. The van der Waals surface area contributed by atoms with Crippen LogP contribution in [-0.4, -0.2) is 38.7 Å². The molecule has 1 atom stereocenters. The molecule has 0 aromatic rings. The van der Waals surface area contributed by atoms with Gasteiger partial charge < -0.3 is 15.7 Å². The monoisotopic (exact) mass is 170 g/mol. The Bertz CT molecular complexity index is 133. The largest absolute Gasteiger partial charge is 0.480 e. The molecular formula is C7H15BN2O2. The Kier molecular flexibility index (Phi) is 6.80. The average Bonchev–Trinajstić information content (AvgIpc) is 2.04. The molecule has 3 N–H and O–H groups in total. The van der Waals surface area contributed by atoms with Crippen molar-refractivity contribution < 1.29 is 9.90 Å². The smallest absolute Gasteiger partial charge is 0.319 e. The summed E-state index contributed by atoms with van der Waals surface area (Å²) in [5, 5.41) is 13.8. The minimum Gasteiger partial charge on any atom is -0.480 e. The molecule has 0 fully saturated rings. The van der Waals surface area contributed by atoms with Crippen LogP contribution in [0.25, 0.3) is 0 Å². The number of hydrogen-bond acceptors (Lipinski definition) is 3. The quantitative estimate of drug-likeness (QED) is 0.356. The summed E-state index contributed by atoms with van der Waals surface area (Å²) in [6, 6.07) is -0.609. The van der Waals surface area contributed by atoms with Crippen LogP contribution >= 0.6 is 0 Å². The van der Waals surface area contributed by atoms with Gasteiger partial charge in [-0.15, -0.1) is 0 Å². The predicted molar refractivity (Wildman–Crippen MR) is 48.1 cm³/mol. The van der Waals surface area contributed by atoms with Crippen LogP contribution in [0, 0.1) is 0 Å². The van der Waals surface area contributed by atoms with Crippen LogP contribution < -0.4 is 10.5 Å². The predicted octanol–water partition coefficient (Wildman–Crippen LogP) is -0.498. The maximum atomic E-state index is 10.4. The van der Waals surface area contributed by atoms with Gasteiger partial charge in [0.05, 0.1) is 6.04 Å². The molecule has 0 aromatic heterocycles. The first-order valence-electron chi connectivity index (χ1n) is 4.06. The highest BCUT2D eigenvalue weighted by Gasteiger charge is 2.12. The summed E-state index contributed by atoms with van der Waals surface area (Å²) < 4.78 is 0. The topological polar surface area (TPSA) is 61.4 Å². The van der Waals surface area contributed by atoms with E-state index in [0.29, 0.717) is 6.42 Å². The van der Waals surface area contributed by atoms with E-state index in [1.165, 1.54) is 0 Å². The Hall–Kier alpha value is -0.545. The number of carbonyl (C=O) groups is 1. The van der Waals surface area contributed by atoms with Crippen molar-refractivity contribution >= 4 is 14.0 Å². The molecule has 0 rings (SSSR count). The maximum Gasteiger partial charge on any atom is 0.319 e.